The molecule has 32 heavy (non-hydrogen) atoms. The Bertz CT molecular complexity index is 1140. The van der Waals surface area contributed by atoms with Crippen LogP contribution in [0.1, 0.15) is 41.6 Å². The first-order valence-electron chi connectivity index (χ1n) is 9.96. The van der Waals surface area contributed by atoms with Crippen molar-refractivity contribution in [2.24, 2.45) is 0 Å². The summed E-state index contributed by atoms with van der Waals surface area (Å²) in [5.41, 5.74) is 2.05. The molecule has 0 aliphatic heterocycles. The summed E-state index contributed by atoms with van der Waals surface area (Å²) in [6, 6.07) is 11.9. The average Bonchev–Trinajstić information content (AvgIpc) is 3.18. The fourth-order valence-electron chi connectivity index (χ4n) is 3.06. The van der Waals surface area contributed by atoms with E-state index in [1.54, 1.807) is 24.3 Å². The Kier molecular flexibility index (Phi) is 8.17. The van der Waals surface area contributed by atoms with E-state index in [9.17, 15) is 9.59 Å². The van der Waals surface area contributed by atoms with E-state index in [0.29, 0.717) is 38.8 Å². The Hall–Kier alpha value is -2.55. The number of nitrogens with one attached hydrogen (secondary N) is 2. The molecule has 1 heterocycles. The molecule has 0 saturated heterocycles. The highest BCUT2D eigenvalue weighted by Gasteiger charge is 2.20. The largest absolute Gasteiger partial charge is 0.342 e. The number of amides is 2. The highest BCUT2D eigenvalue weighted by Crippen LogP contribution is 2.26. The number of thioether (sulfide) groups is 1. The Balaban J connectivity index is 1.64. The van der Waals surface area contributed by atoms with Gasteiger partial charge in [0, 0.05) is 17.1 Å². The van der Waals surface area contributed by atoms with Crippen molar-refractivity contribution in [1.29, 1.82) is 0 Å². The van der Waals surface area contributed by atoms with Gasteiger partial charge in [-0.3, -0.25) is 9.59 Å². The maximum absolute atomic E-state index is 12.6. The van der Waals surface area contributed by atoms with Crippen LogP contribution in [0.5, 0.6) is 0 Å². The van der Waals surface area contributed by atoms with E-state index in [-0.39, 0.29) is 23.6 Å². The van der Waals surface area contributed by atoms with Crippen LogP contribution in [-0.2, 0) is 11.3 Å². The molecule has 0 aliphatic rings. The number of benzene rings is 2. The van der Waals surface area contributed by atoms with Crippen LogP contribution in [0.4, 0.5) is 5.69 Å². The molecule has 10 heteroatoms. The van der Waals surface area contributed by atoms with E-state index in [1.807, 2.05) is 43.5 Å². The third kappa shape index (κ3) is 6.03. The number of carbonyl (C=O) groups excluding carboxylic acids is 2. The van der Waals surface area contributed by atoms with Gasteiger partial charge in [0.2, 0.25) is 5.91 Å². The van der Waals surface area contributed by atoms with Crippen LogP contribution in [0.2, 0.25) is 10.0 Å². The molecule has 168 valence electrons. The second-order valence-electron chi connectivity index (χ2n) is 7.11. The zero-order valence-electron chi connectivity index (χ0n) is 17.9. The average molecular weight is 492 g/mol. The van der Waals surface area contributed by atoms with E-state index in [4.69, 9.17) is 23.2 Å². The third-order valence-electron chi connectivity index (χ3n) is 4.61. The lowest BCUT2D eigenvalue weighted by Crippen LogP contribution is -2.28. The lowest BCUT2D eigenvalue weighted by atomic mass is 10.1. The number of nitrogens with zero attached hydrogens (tertiary/aromatic N) is 3. The fraction of sp³-hybridized carbons (Fsp3) is 0.273. The molecule has 0 radical (unpaired) electrons. The van der Waals surface area contributed by atoms with Crippen LogP contribution in [-0.4, -0.2) is 32.3 Å². The number of aromatic nitrogens is 3. The van der Waals surface area contributed by atoms with E-state index in [2.05, 4.69) is 20.8 Å². The minimum Gasteiger partial charge on any atom is -0.342 e. The van der Waals surface area contributed by atoms with E-state index in [0.717, 1.165) is 5.56 Å². The smallest absolute Gasteiger partial charge is 0.251 e. The lowest BCUT2D eigenvalue weighted by molar-refractivity contribution is -0.113. The van der Waals surface area contributed by atoms with E-state index < -0.39 is 0 Å². The Morgan fingerprint density at radius 1 is 1.16 bits per heavy atom. The summed E-state index contributed by atoms with van der Waals surface area (Å²) in [6.07, 6.45) is 0. The highest BCUT2D eigenvalue weighted by molar-refractivity contribution is 7.99. The zero-order valence-corrected chi connectivity index (χ0v) is 20.2. The first kappa shape index (κ1) is 24.1. The normalized spacial score (nSPS) is 11.8. The zero-order chi connectivity index (χ0) is 23.3. The minimum atomic E-state index is -0.357. The molecule has 0 unspecified atom stereocenters. The molecule has 2 amide bonds. The molecule has 3 aromatic rings. The monoisotopic (exact) mass is 491 g/mol. The predicted octanol–water partition coefficient (Wildman–Crippen LogP) is 5.14. The topological polar surface area (TPSA) is 88.9 Å². The van der Waals surface area contributed by atoms with Crippen LogP contribution in [0.15, 0.2) is 47.6 Å². The Morgan fingerprint density at radius 2 is 1.94 bits per heavy atom. The van der Waals surface area contributed by atoms with Crippen molar-refractivity contribution in [3.8, 4) is 0 Å². The van der Waals surface area contributed by atoms with Gasteiger partial charge in [0.05, 0.1) is 22.5 Å². The van der Waals surface area contributed by atoms with Gasteiger partial charge < -0.3 is 15.2 Å². The number of hydrogen-bond donors (Lipinski definition) is 2. The first-order chi connectivity index (χ1) is 15.3. The molecule has 3 rings (SSSR count). The van der Waals surface area contributed by atoms with Crippen molar-refractivity contribution in [3.05, 3.63) is 69.5 Å². The third-order valence-corrected chi connectivity index (χ3v) is 6.14. The lowest BCUT2D eigenvalue weighted by Gasteiger charge is -2.15. The summed E-state index contributed by atoms with van der Waals surface area (Å²) in [6.45, 7) is 6.34. The molecule has 0 saturated carbocycles. The Morgan fingerprint density at radius 3 is 2.66 bits per heavy atom. The minimum absolute atomic E-state index is 0.116. The van der Waals surface area contributed by atoms with Crippen LogP contribution in [0.25, 0.3) is 0 Å². The van der Waals surface area contributed by atoms with E-state index >= 15 is 0 Å². The van der Waals surface area contributed by atoms with Crippen LogP contribution >= 0.6 is 35.0 Å². The molecule has 0 aliphatic carbocycles. The van der Waals surface area contributed by atoms with Gasteiger partial charge in [0.15, 0.2) is 11.0 Å². The molecule has 7 nitrogen and oxygen atoms in total. The summed E-state index contributed by atoms with van der Waals surface area (Å²) in [7, 11) is 0. The quantitative estimate of drug-likeness (QED) is 0.426. The number of halogens is 2. The van der Waals surface area contributed by atoms with Crippen molar-refractivity contribution in [3.63, 3.8) is 0 Å². The summed E-state index contributed by atoms with van der Waals surface area (Å²) in [5, 5.41) is 15.6. The standard InChI is InChI=1S/C22H23Cl2N5O2S/c1-4-29-20(14(3)25-21(31)15-7-5-6-13(2)10-15)27-28-22(29)32-12-19(30)26-18-11-16(23)8-9-17(18)24/h5-11,14H,4,12H2,1-3H3,(H,25,31)(H,26,30)/t14-/m1/s1. The molecule has 1 atom stereocenters. The molecule has 0 spiro atoms. The van der Waals surface area contributed by atoms with Gasteiger partial charge in [0.25, 0.3) is 5.91 Å². The van der Waals surface area contributed by atoms with Gasteiger partial charge in [0.1, 0.15) is 0 Å². The molecule has 0 bridgehead atoms. The van der Waals surface area contributed by atoms with Crippen molar-refractivity contribution in [1.82, 2.24) is 20.1 Å². The predicted molar refractivity (Wildman–Crippen MR) is 129 cm³/mol. The maximum atomic E-state index is 12.6. The molecule has 0 fully saturated rings. The van der Waals surface area contributed by atoms with Crippen molar-refractivity contribution >= 4 is 52.5 Å². The second-order valence-corrected chi connectivity index (χ2v) is 8.90. The number of rotatable bonds is 8. The van der Waals surface area contributed by atoms with Crippen LogP contribution < -0.4 is 10.6 Å². The molecular formula is C22H23Cl2N5O2S. The van der Waals surface area contributed by atoms with Gasteiger partial charge in [-0.1, -0.05) is 52.7 Å². The highest BCUT2D eigenvalue weighted by atomic mass is 35.5. The maximum Gasteiger partial charge on any atom is 0.251 e. The summed E-state index contributed by atoms with van der Waals surface area (Å²) in [4.78, 5) is 25.0. The summed E-state index contributed by atoms with van der Waals surface area (Å²) < 4.78 is 1.88. The fourth-order valence-corrected chi connectivity index (χ4v) is 4.21. The molecule has 1 aromatic heterocycles. The molecule has 2 aromatic carbocycles. The Labute approximate surface area is 200 Å². The van der Waals surface area contributed by atoms with E-state index in [1.165, 1.54) is 11.8 Å². The second kappa shape index (κ2) is 10.8. The van der Waals surface area contributed by atoms with Gasteiger partial charge in [-0.2, -0.15) is 0 Å². The van der Waals surface area contributed by atoms with Gasteiger partial charge >= 0.3 is 0 Å². The van der Waals surface area contributed by atoms with Crippen molar-refractivity contribution < 1.29 is 9.59 Å². The SMILES string of the molecule is CCn1c(SCC(=O)Nc2cc(Cl)ccc2Cl)nnc1[C@@H](C)NC(=O)c1cccc(C)c1. The van der Waals surface area contributed by atoms with Gasteiger partial charge in [-0.05, 0) is 51.1 Å². The molecular weight excluding hydrogens is 469 g/mol. The van der Waals surface area contributed by atoms with Gasteiger partial charge in [-0.25, -0.2) is 0 Å². The van der Waals surface area contributed by atoms with Gasteiger partial charge in [-0.15, -0.1) is 10.2 Å². The number of hydrogen-bond acceptors (Lipinski definition) is 5. The van der Waals surface area contributed by atoms with Crippen LogP contribution in [0, 0.1) is 6.92 Å². The molecule has 2 N–H and O–H groups in total. The first-order valence-corrected chi connectivity index (χ1v) is 11.7. The number of anilines is 1. The summed E-state index contributed by atoms with van der Waals surface area (Å²) >= 11 is 13.3. The number of aryl methyl sites for hydroxylation is 1. The van der Waals surface area contributed by atoms with Crippen molar-refractivity contribution in [2.45, 2.75) is 38.5 Å². The van der Waals surface area contributed by atoms with Crippen LogP contribution in [0.3, 0.4) is 0 Å². The summed E-state index contributed by atoms with van der Waals surface area (Å²) in [5.74, 6) is 0.311. The number of carbonyl (C=O) groups is 2. The van der Waals surface area contributed by atoms with Crippen molar-refractivity contribution in [2.75, 3.05) is 11.1 Å².